The number of aliphatic imine (C=N–C) groups is 1. The standard InChI is InChI=1S/C20H33N5O.HI/c1-20(2,18(26)21-3)15-23-19(22-4)24-17-10-12-25(13-11-17)14-16-8-6-5-7-9-16;/h5-9,17H,10-15H2,1-4H3,(H,21,26)(H2,22,23,24);1H. The summed E-state index contributed by atoms with van der Waals surface area (Å²) < 4.78 is 0. The average Bonchev–Trinajstić information content (AvgIpc) is 2.66. The van der Waals surface area contributed by atoms with Gasteiger partial charge in [0.05, 0.1) is 5.41 Å². The molecule has 1 aliphatic heterocycles. The van der Waals surface area contributed by atoms with Crippen molar-refractivity contribution in [1.82, 2.24) is 20.9 Å². The van der Waals surface area contributed by atoms with Gasteiger partial charge < -0.3 is 16.0 Å². The lowest BCUT2D eigenvalue weighted by Crippen LogP contribution is -2.51. The van der Waals surface area contributed by atoms with Crippen molar-refractivity contribution < 1.29 is 4.79 Å². The monoisotopic (exact) mass is 487 g/mol. The molecule has 0 atom stereocenters. The SMILES string of the molecule is CN=C(NCC(C)(C)C(=O)NC)NC1CCN(Cc2ccccc2)CC1.I. The smallest absolute Gasteiger partial charge is 0.227 e. The van der Waals surface area contributed by atoms with Crippen molar-refractivity contribution in [2.45, 2.75) is 39.3 Å². The van der Waals surface area contributed by atoms with Crippen molar-refractivity contribution >= 4 is 35.8 Å². The van der Waals surface area contributed by atoms with Crippen LogP contribution in [0.25, 0.3) is 0 Å². The molecule has 152 valence electrons. The number of guanidine groups is 1. The molecule has 0 spiro atoms. The van der Waals surface area contributed by atoms with Crippen molar-refractivity contribution in [1.29, 1.82) is 0 Å². The molecular weight excluding hydrogens is 453 g/mol. The van der Waals surface area contributed by atoms with Gasteiger partial charge in [0.15, 0.2) is 5.96 Å². The third kappa shape index (κ3) is 7.65. The molecule has 27 heavy (non-hydrogen) atoms. The van der Waals surface area contributed by atoms with E-state index in [1.807, 2.05) is 13.8 Å². The normalized spacial score (nSPS) is 16.4. The molecule has 3 N–H and O–H groups in total. The summed E-state index contributed by atoms with van der Waals surface area (Å²) in [6.45, 7) is 7.56. The van der Waals surface area contributed by atoms with Crippen molar-refractivity contribution in [3.05, 3.63) is 35.9 Å². The molecule has 1 heterocycles. The maximum Gasteiger partial charge on any atom is 0.227 e. The molecular formula is C20H34IN5O. The molecule has 0 aliphatic carbocycles. The van der Waals surface area contributed by atoms with E-state index < -0.39 is 5.41 Å². The maximum absolute atomic E-state index is 11.9. The summed E-state index contributed by atoms with van der Waals surface area (Å²) >= 11 is 0. The number of carbonyl (C=O) groups is 1. The highest BCUT2D eigenvalue weighted by atomic mass is 127. The maximum atomic E-state index is 11.9. The molecule has 1 fully saturated rings. The van der Waals surface area contributed by atoms with E-state index in [0.717, 1.165) is 38.4 Å². The van der Waals surface area contributed by atoms with Crippen molar-refractivity contribution in [3.63, 3.8) is 0 Å². The zero-order chi connectivity index (χ0) is 19.0. The van der Waals surface area contributed by atoms with Crippen LogP contribution >= 0.6 is 24.0 Å². The number of halogens is 1. The minimum Gasteiger partial charge on any atom is -0.359 e. The number of rotatable bonds is 6. The van der Waals surface area contributed by atoms with Crippen LogP contribution in [0.4, 0.5) is 0 Å². The van der Waals surface area contributed by atoms with Gasteiger partial charge in [-0.25, -0.2) is 0 Å². The Morgan fingerprint density at radius 3 is 2.41 bits per heavy atom. The first-order valence-corrected chi connectivity index (χ1v) is 9.40. The Bertz CT molecular complexity index is 598. The molecule has 0 saturated carbocycles. The summed E-state index contributed by atoms with van der Waals surface area (Å²) in [6, 6.07) is 11.0. The fraction of sp³-hybridized carbons (Fsp3) is 0.600. The van der Waals surface area contributed by atoms with E-state index in [1.54, 1.807) is 14.1 Å². The lowest BCUT2D eigenvalue weighted by Gasteiger charge is -2.33. The Morgan fingerprint density at radius 2 is 1.85 bits per heavy atom. The number of likely N-dealkylation sites (tertiary alicyclic amines) is 1. The van der Waals surface area contributed by atoms with Crippen LogP contribution < -0.4 is 16.0 Å². The molecule has 1 aliphatic rings. The molecule has 0 aromatic heterocycles. The number of piperidine rings is 1. The lowest BCUT2D eigenvalue weighted by atomic mass is 9.92. The second-order valence-electron chi connectivity index (χ2n) is 7.57. The van der Waals surface area contributed by atoms with Crippen LogP contribution in [0.1, 0.15) is 32.3 Å². The van der Waals surface area contributed by atoms with Crippen LogP contribution in [0.2, 0.25) is 0 Å². The number of benzene rings is 1. The van der Waals surface area contributed by atoms with Gasteiger partial charge in [-0.15, -0.1) is 24.0 Å². The molecule has 0 radical (unpaired) electrons. The molecule has 1 aromatic carbocycles. The highest BCUT2D eigenvalue weighted by Gasteiger charge is 2.27. The summed E-state index contributed by atoms with van der Waals surface area (Å²) in [4.78, 5) is 18.7. The van der Waals surface area contributed by atoms with Crippen molar-refractivity contribution in [3.8, 4) is 0 Å². The third-order valence-electron chi connectivity index (χ3n) is 4.94. The summed E-state index contributed by atoms with van der Waals surface area (Å²) in [6.07, 6.45) is 2.18. The first-order valence-electron chi connectivity index (χ1n) is 9.40. The van der Waals surface area contributed by atoms with Crippen LogP contribution in [0.15, 0.2) is 35.3 Å². The van der Waals surface area contributed by atoms with Gasteiger partial charge in [-0.1, -0.05) is 30.3 Å². The van der Waals surface area contributed by atoms with Gasteiger partial charge in [0, 0.05) is 46.3 Å². The molecule has 0 bridgehead atoms. The van der Waals surface area contributed by atoms with Crippen molar-refractivity contribution in [2.24, 2.45) is 10.4 Å². The predicted octanol–water partition coefficient (Wildman–Crippen LogP) is 2.21. The second kappa shape index (κ2) is 11.5. The van der Waals surface area contributed by atoms with Gasteiger partial charge in [-0.2, -0.15) is 0 Å². The van der Waals surface area contributed by atoms with E-state index in [9.17, 15) is 4.79 Å². The van der Waals surface area contributed by atoms with E-state index in [1.165, 1.54) is 5.56 Å². The molecule has 0 unspecified atom stereocenters. The Kier molecular flexibility index (Phi) is 10.1. The van der Waals surface area contributed by atoms with Gasteiger partial charge in [-0.05, 0) is 32.3 Å². The Balaban J connectivity index is 0.00000364. The number of amides is 1. The van der Waals surface area contributed by atoms with Crippen LogP contribution in [0.3, 0.4) is 0 Å². The Labute approximate surface area is 180 Å². The first-order chi connectivity index (χ1) is 12.4. The zero-order valence-corrected chi connectivity index (χ0v) is 19.2. The van der Waals surface area contributed by atoms with E-state index in [2.05, 4.69) is 56.2 Å². The Hall–Kier alpha value is -1.35. The van der Waals surface area contributed by atoms with Gasteiger partial charge in [-0.3, -0.25) is 14.7 Å². The summed E-state index contributed by atoms with van der Waals surface area (Å²) in [5.74, 6) is 0.790. The fourth-order valence-electron chi connectivity index (χ4n) is 3.19. The molecule has 1 saturated heterocycles. The topological polar surface area (TPSA) is 68.8 Å². The van der Waals surface area contributed by atoms with Crippen LogP contribution in [0.5, 0.6) is 0 Å². The fourth-order valence-corrected chi connectivity index (χ4v) is 3.19. The van der Waals surface area contributed by atoms with Crippen LogP contribution in [-0.4, -0.2) is 56.5 Å². The number of carbonyl (C=O) groups excluding carboxylic acids is 1. The number of hydrogen-bond donors (Lipinski definition) is 3. The van der Waals surface area contributed by atoms with Crippen LogP contribution in [0, 0.1) is 5.41 Å². The lowest BCUT2D eigenvalue weighted by molar-refractivity contribution is -0.128. The van der Waals surface area contributed by atoms with E-state index >= 15 is 0 Å². The molecule has 2 rings (SSSR count). The van der Waals surface area contributed by atoms with Crippen molar-refractivity contribution in [2.75, 3.05) is 33.7 Å². The largest absolute Gasteiger partial charge is 0.359 e. The average molecular weight is 487 g/mol. The number of nitrogens with one attached hydrogen (secondary N) is 3. The second-order valence-corrected chi connectivity index (χ2v) is 7.57. The van der Waals surface area contributed by atoms with Gasteiger partial charge >= 0.3 is 0 Å². The van der Waals surface area contributed by atoms with Gasteiger partial charge in [0.2, 0.25) is 5.91 Å². The molecule has 1 amide bonds. The number of hydrogen-bond acceptors (Lipinski definition) is 3. The molecule has 6 nitrogen and oxygen atoms in total. The quantitative estimate of drug-likeness (QED) is 0.327. The summed E-state index contributed by atoms with van der Waals surface area (Å²) in [5, 5.41) is 9.50. The highest BCUT2D eigenvalue weighted by Crippen LogP contribution is 2.15. The minimum absolute atomic E-state index is 0. The number of nitrogens with zero attached hydrogens (tertiary/aromatic N) is 2. The van der Waals surface area contributed by atoms with E-state index in [4.69, 9.17) is 0 Å². The highest BCUT2D eigenvalue weighted by molar-refractivity contribution is 14.0. The Morgan fingerprint density at radius 1 is 1.22 bits per heavy atom. The zero-order valence-electron chi connectivity index (χ0n) is 16.9. The molecule has 1 aromatic rings. The predicted molar refractivity (Wildman–Crippen MR) is 123 cm³/mol. The van der Waals surface area contributed by atoms with Gasteiger partial charge in [0.25, 0.3) is 0 Å². The summed E-state index contributed by atoms with van der Waals surface area (Å²) in [5.41, 5.74) is 0.888. The first kappa shape index (κ1) is 23.7. The molecule has 7 heteroatoms. The summed E-state index contributed by atoms with van der Waals surface area (Å²) in [7, 11) is 3.44. The van der Waals surface area contributed by atoms with E-state index in [-0.39, 0.29) is 29.9 Å². The van der Waals surface area contributed by atoms with E-state index in [0.29, 0.717) is 12.6 Å². The van der Waals surface area contributed by atoms with Gasteiger partial charge in [0.1, 0.15) is 0 Å². The third-order valence-corrected chi connectivity index (χ3v) is 4.94. The van der Waals surface area contributed by atoms with Crippen LogP contribution in [-0.2, 0) is 11.3 Å². The minimum atomic E-state index is -0.481.